The summed E-state index contributed by atoms with van der Waals surface area (Å²) in [7, 11) is 0. The van der Waals surface area contributed by atoms with Gasteiger partial charge >= 0.3 is 0 Å². The molecule has 1 aliphatic heterocycles. The second-order valence-corrected chi connectivity index (χ2v) is 8.14. The lowest BCUT2D eigenvalue weighted by Crippen LogP contribution is -2.30. The van der Waals surface area contributed by atoms with Crippen LogP contribution in [0.4, 0.5) is 11.6 Å². The Morgan fingerprint density at radius 2 is 1.75 bits per heavy atom. The maximum absolute atomic E-state index is 4.74. The summed E-state index contributed by atoms with van der Waals surface area (Å²) in [6.45, 7) is 6.60. The normalized spacial score (nSPS) is 13.0. The summed E-state index contributed by atoms with van der Waals surface area (Å²) < 4.78 is 0. The molecule has 5 rings (SSSR count). The first kappa shape index (κ1) is 20.1. The Bertz CT molecular complexity index is 1220. The van der Waals surface area contributed by atoms with Gasteiger partial charge in [0.25, 0.3) is 0 Å². The SMILES string of the molecule is Cc1nc(-c2ccccn2)nc(NCc2ccc(N3CCc4ccccc4C3)nc2)c1C. The molecular formula is C26H26N6. The molecule has 0 saturated carbocycles. The smallest absolute Gasteiger partial charge is 0.180 e. The largest absolute Gasteiger partial charge is 0.366 e. The standard InChI is InChI=1S/C26H26N6/c1-18-19(2)30-26(23-9-5-6-13-27-23)31-25(18)29-16-20-10-11-24(28-15-20)32-14-12-21-7-3-4-8-22(21)17-32/h3-11,13,15H,12,14,16-17H2,1-2H3,(H,29,30,31). The number of hydrogen-bond acceptors (Lipinski definition) is 6. The van der Waals surface area contributed by atoms with Crippen LogP contribution in [0.3, 0.4) is 0 Å². The summed E-state index contributed by atoms with van der Waals surface area (Å²) in [6.07, 6.45) is 4.77. The van der Waals surface area contributed by atoms with Crippen LogP contribution in [0.5, 0.6) is 0 Å². The molecule has 0 atom stereocenters. The molecule has 4 heterocycles. The molecule has 3 aromatic heterocycles. The first-order valence-electron chi connectivity index (χ1n) is 10.9. The van der Waals surface area contributed by atoms with Gasteiger partial charge < -0.3 is 10.2 Å². The Morgan fingerprint density at radius 1 is 0.906 bits per heavy atom. The van der Waals surface area contributed by atoms with Crippen molar-refractivity contribution in [2.45, 2.75) is 33.4 Å². The van der Waals surface area contributed by atoms with Crippen LogP contribution < -0.4 is 10.2 Å². The molecule has 1 aromatic carbocycles. The van der Waals surface area contributed by atoms with E-state index in [0.717, 1.165) is 53.7 Å². The van der Waals surface area contributed by atoms with Crippen molar-refractivity contribution in [3.05, 3.63) is 94.9 Å². The summed E-state index contributed by atoms with van der Waals surface area (Å²) in [6, 6.07) is 18.7. The van der Waals surface area contributed by atoms with E-state index >= 15 is 0 Å². The van der Waals surface area contributed by atoms with Gasteiger partial charge in [-0.05, 0) is 55.2 Å². The molecule has 0 bridgehead atoms. The van der Waals surface area contributed by atoms with Crippen molar-refractivity contribution in [3.63, 3.8) is 0 Å². The maximum Gasteiger partial charge on any atom is 0.180 e. The third kappa shape index (κ3) is 4.17. The number of benzene rings is 1. The molecule has 0 fully saturated rings. The molecule has 6 nitrogen and oxygen atoms in total. The van der Waals surface area contributed by atoms with Gasteiger partial charge in [-0.25, -0.2) is 15.0 Å². The third-order valence-electron chi connectivity index (χ3n) is 6.01. The average Bonchev–Trinajstić information content (AvgIpc) is 2.85. The van der Waals surface area contributed by atoms with Crippen molar-refractivity contribution in [3.8, 4) is 11.5 Å². The Kier molecular flexibility index (Phi) is 5.50. The molecule has 4 aromatic rings. The Labute approximate surface area is 188 Å². The van der Waals surface area contributed by atoms with E-state index in [1.807, 2.05) is 38.2 Å². The van der Waals surface area contributed by atoms with Crippen molar-refractivity contribution in [1.82, 2.24) is 19.9 Å². The fraction of sp³-hybridized carbons (Fsp3) is 0.231. The Balaban J connectivity index is 1.28. The Hall–Kier alpha value is -3.80. The Morgan fingerprint density at radius 3 is 2.53 bits per heavy atom. The van der Waals surface area contributed by atoms with Crippen LogP contribution in [0.1, 0.15) is 27.9 Å². The van der Waals surface area contributed by atoms with Gasteiger partial charge in [0.05, 0.1) is 0 Å². The van der Waals surface area contributed by atoms with E-state index in [0.29, 0.717) is 12.4 Å². The lowest BCUT2D eigenvalue weighted by Gasteiger charge is -2.29. The van der Waals surface area contributed by atoms with Crippen molar-refractivity contribution < 1.29 is 0 Å². The minimum atomic E-state index is 0.634. The summed E-state index contributed by atoms with van der Waals surface area (Å²) >= 11 is 0. The van der Waals surface area contributed by atoms with Gasteiger partial charge in [-0.1, -0.05) is 36.4 Å². The monoisotopic (exact) mass is 422 g/mol. The molecule has 0 radical (unpaired) electrons. The lowest BCUT2D eigenvalue weighted by atomic mass is 10.00. The molecule has 32 heavy (non-hydrogen) atoms. The minimum Gasteiger partial charge on any atom is -0.366 e. The van der Waals surface area contributed by atoms with E-state index < -0.39 is 0 Å². The van der Waals surface area contributed by atoms with Crippen molar-refractivity contribution >= 4 is 11.6 Å². The highest BCUT2D eigenvalue weighted by molar-refractivity contribution is 5.56. The minimum absolute atomic E-state index is 0.634. The summed E-state index contributed by atoms with van der Waals surface area (Å²) in [5, 5.41) is 3.46. The number of nitrogens with one attached hydrogen (secondary N) is 1. The molecule has 0 spiro atoms. The van der Waals surface area contributed by atoms with Crippen molar-refractivity contribution in [2.75, 3.05) is 16.8 Å². The molecule has 0 amide bonds. The van der Waals surface area contributed by atoms with E-state index in [1.54, 1.807) is 6.20 Å². The summed E-state index contributed by atoms with van der Waals surface area (Å²) in [4.78, 5) is 20.8. The van der Waals surface area contributed by atoms with Gasteiger partial charge in [-0.2, -0.15) is 0 Å². The zero-order chi connectivity index (χ0) is 21.9. The molecular weight excluding hydrogens is 396 g/mol. The molecule has 1 N–H and O–H groups in total. The molecule has 160 valence electrons. The number of rotatable bonds is 5. The van der Waals surface area contributed by atoms with Crippen LogP contribution in [-0.2, 0) is 19.5 Å². The van der Waals surface area contributed by atoms with Crippen LogP contribution >= 0.6 is 0 Å². The number of hydrogen-bond donors (Lipinski definition) is 1. The second kappa shape index (κ2) is 8.75. The first-order valence-corrected chi connectivity index (χ1v) is 10.9. The van der Waals surface area contributed by atoms with Crippen LogP contribution in [0, 0.1) is 13.8 Å². The highest BCUT2D eigenvalue weighted by Crippen LogP contribution is 2.24. The average molecular weight is 423 g/mol. The van der Waals surface area contributed by atoms with Crippen molar-refractivity contribution in [2.24, 2.45) is 0 Å². The second-order valence-electron chi connectivity index (χ2n) is 8.14. The molecule has 0 aliphatic carbocycles. The van der Waals surface area contributed by atoms with Crippen LogP contribution in [0.2, 0.25) is 0 Å². The zero-order valence-corrected chi connectivity index (χ0v) is 18.4. The molecule has 0 unspecified atom stereocenters. The van der Waals surface area contributed by atoms with Gasteiger partial charge in [0.2, 0.25) is 0 Å². The summed E-state index contributed by atoms with van der Waals surface area (Å²) in [5.74, 6) is 2.49. The topological polar surface area (TPSA) is 66.8 Å². The highest BCUT2D eigenvalue weighted by atomic mass is 15.2. The van der Waals surface area contributed by atoms with E-state index in [4.69, 9.17) is 9.97 Å². The van der Waals surface area contributed by atoms with Crippen LogP contribution in [0.25, 0.3) is 11.5 Å². The van der Waals surface area contributed by atoms with Gasteiger partial charge in [0.15, 0.2) is 5.82 Å². The van der Waals surface area contributed by atoms with E-state index in [-0.39, 0.29) is 0 Å². The van der Waals surface area contributed by atoms with Gasteiger partial charge in [-0.15, -0.1) is 0 Å². The van der Waals surface area contributed by atoms with E-state index in [9.17, 15) is 0 Å². The van der Waals surface area contributed by atoms with E-state index in [2.05, 4.69) is 56.6 Å². The fourth-order valence-electron chi connectivity index (χ4n) is 4.00. The van der Waals surface area contributed by atoms with Gasteiger partial charge in [-0.3, -0.25) is 4.98 Å². The molecule has 0 saturated heterocycles. The number of pyridine rings is 2. The predicted octanol–water partition coefficient (Wildman–Crippen LogP) is 4.73. The van der Waals surface area contributed by atoms with Crippen LogP contribution in [-0.4, -0.2) is 26.5 Å². The van der Waals surface area contributed by atoms with E-state index in [1.165, 1.54) is 11.1 Å². The zero-order valence-electron chi connectivity index (χ0n) is 18.4. The summed E-state index contributed by atoms with van der Waals surface area (Å²) in [5.41, 5.74) is 6.71. The van der Waals surface area contributed by atoms with Crippen molar-refractivity contribution in [1.29, 1.82) is 0 Å². The quantitative estimate of drug-likeness (QED) is 0.502. The van der Waals surface area contributed by atoms with Gasteiger partial charge in [0.1, 0.15) is 17.3 Å². The molecule has 6 heteroatoms. The number of nitrogens with zero attached hydrogens (tertiary/aromatic N) is 5. The first-order chi connectivity index (χ1) is 15.7. The van der Waals surface area contributed by atoms with Gasteiger partial charge in [0, 0.05) is 43.3 Å². The highest BCUT2D eigenvalue weighted by Gasteiger charge is 2.17. The third-order valence-corrected chi connectivity index (χ3v) is 6.01. The lowest BCUT2D eigenvalue weighted by molar-refractivity contribution is 0.720. The predicted molar refractivity (Wildman–Crippen MR) is 127 cm³/mol. The van der Waals surface area contributed by atoms with Crippen LogP contribution in [0.15, 0.2) is 67.0 Å². The number of fused-ring (bicyclic) bond motifs is 1. The number of aromatic nitrogens is 4. The number of aryl methyl sites for hydroxylation is 1. The fourth-order valence-corrected chi connectivity index (χ4v) is 4.00. The molecule has 1 aliphatic rings. The number of anilines is 2. The maximum atomic E-state index is 4.74.